The minimum atomic E-state index is -3.77. The molecule has 0 amide bonds. The first-order valence-electron chi connectivity index (χ1n) is 7.08. The SMILES string of the molecule is COc1ccc(C[C@@H](C)N)cc1S(N)(=O)=O.O=C(O)[C@@H](O)[C@H](O)C(=O)O. The van der Waals surface area contributed by atoms with Crippen molar-refractivity contribution in [2.24, 2.45) is 10.9 Å². The molecule has 8 N–H and O–H groups in total. The lowest BCUT2D eigenvalue weighted by Gasteiger charge is -2.10. The van der Waals surface area contributed by atoms with Crippen LogP contribution in [-0.4, -0.2) is 66.1 Å². The van der Waals surface area contributed by atoms with Crippen molar-refractivity contribution in [3.05, 3.63) is 23.8 Å². The summed E-state index contributed by atoms with van der Waals surface area (Å²) in [5, 5.41) is 37.6. The molecule has 0 heterocycles. The number of carboxylic acid groups (broad SMARTS) is 2. The van der Waals surface area contributed by atoms with Gasteiger partial charge in [0, 0.05) is 6.04 Å². The molecule has 1 rings (SSSR count). The highest BCUT2D eigenvalue weighted by atomic mass is 32.2. The molecule has 11 nitrogen and oxygen atoms in total. The number of nitrogens with two attached hydrogens (primary N) is 2. The van der Waals surface area contributed by atoms with Crippen LogP contribution in [0.5, 0.6) is 5.75 Å². The molecular weight excluding hydrogens is 372 g/mol. The van der Waals surface area contributed by atoms with Gasteiger partial charge >= 0.3 is 11.9 Å². The number of ether oxygens (including phenoxy) is 1. The van der Waals surface area contributed by atoms with Gasteiger partial charge in [-0.1, -0.05) is 6.07 Å². The zero-order chi connectivity index (χ0) is 20.7. The highest BCUT2D eigenvalue weighted by molar-refractivity contribution is 7.89. The number of aliphatic hydroxyl groups excluding tert-OH is 2. The quantitative estimate of drug-likeness (QED) is 0.302. The van der Waals surface area contributed by atoms with Crippen LogP contribution in [0.4, 0.5) is 0 Å². The molecule has 148 valence electrons. The van der Waals surface area contributed by atoms with Crippen molar-refractivity contribution < 1.29 is 43.2 Å². The summed E-state index contributed by atoms with van der Waals surface area (Å²) in [7, 11) is -2.37. The zero-order valence-electron chi connectivity index (χ0n) is 14.1. The highest BCUT2D eigenvalue weighted by Gasteiger charge is 2.29. The Kier molecular flexibility index (Phi) is 9.17. The Bertz CT molecular complexity index is 716. The second-order valence-electron chi connectivity index (χ2n) is 5.28. The van der Waals surface area contributed by atoms with Crippen LogP contribution in [0.3, 0.4) is 0 Å². The number of rotatable bonds is 7. The van der Waals surface area contributed by atoms with Crippen LogP contribution in [-0.2, 0) is 26.0 Å². The molecule has 0 saturated heterocycles. The molecule has 0 unspecified atom stereocenters. The first kappa shape index (κ1) is 23.8. The van der Waals surface area contributed by atoms with Crippen LogP contribution in [0.15, 0.2) is 23.1 Å². The first-order valence-corrected chi connectivity index (χ1v) is 8.62. The van der Waals surface area contributed by atoms with Crippen LogP contribution in [0.1, 0.15) is 12.5 Å². The minimum absolute atomic E-state index is 0.00634. The number of hydrogen-bond acceptors (Lipinski definition) is 8. The van der Waals surface area contributed by atoms with Gasteiger partial charge in [-0.3, -0.25) is 0 Å². The lowest BCUT2D eigenvalue weighted by atomic mass is 10.1. The zero-order valence-corrected chi connectivity index (χ0v) is 14.9. The van der Waals surface area contributed by atoms with Crippen molar-refractivity contribution >= 4 is 22.0 Å². The number of sulfonamides is 1. The number of aliphatic hydroxyl groups is 2. The number of aliphatic carboxylic acids is 2. The van der Waals surface area contributed by atoms with E-state index in [0.29, 0.717) is 6.42 Å². The normalized spacial score (nSPS) is 14.4. The van der Waals surface area contributed by atoms with E-state index in [2.05, 4.69) is 0 Å². The van der Waals surface area contributed by atoms with E-state index < -0.39 is 34.2 Å². The minimum Gasteiger partial charge on any atom is -0.495 e. The maximum absolute atomic E-state index is 11.3. The number of carbonyl (C=O) groups is 2. The maximum atomic E-state index is 11.3. The molecule has 3 atom stereocenters. The third-order valence-corrected chi connectivity index (χ3v) is 3.83. The summed E-state index contributed by atoms with van der Waals surface area (Å²) in [6.45, 7) is 1.85. The largest absolute Gasteiger partial charge is 0.495 e. The molecule has 0 bridgehead atoms. The molecule has 0 aliphatic rings. The Labute approximate surface area is 149 Å². The summed E-state index contributed by atoms with van der Waals surface area (Å²) in [6.07, 6.45) is -3.94. The third-order valence-electron chi connectivity index (χ3n) is 2.90. The number of hydrogen-bond donors (Lipinski definition) is 6. The van der Waals surface area contributed by atoms with E-state index in [1.807, 2.05) is 6.92 Å². The molecule has 0 fully saturated rings. The third kappa shape index (κ3) is 7.76. The fourth-order valence-corrected chi connectivity index (χ4v) is 2.46. The Hall–Kier alpha value is -2.25. The van der Waals surface area contributed by atoms with Gasteiger partial charge < -0.3 is 30.9 Å². The molecule has 0 saturated carbocycles. The molecule has 0 aromatic heterocycles. The van der Waals surface area contributed by atoms with Gasteiger partial charge in [-0.05, 0) is 31.0 Å². The van der Waals surface area contributed by atoms with Gasteiger partial charge in [0.15, 0.2) is 12.2 Å². The molecule has 0 aliphatic carbocycles. The van der Waals surface area contributed by atoms with Gasteiger partial charge in [0.25, 0.3) is 0 Å². The van der Waals surface area contributed by atoms with Gasteiger partial charge in [0.05, 0.1) is 7.11 Å². The van der Waals surface area contributed by atoms with E-state index in [4.69, 9.17) is 36.0 Å². The van der Waals surface area contributed by atoms with Crippen LogP contribution in [0.25, 0.3) is 0 Å². The molecule has 12 heteroatoms. The van der Waals surface area contributed by atoms with E-state index in [1.165, 1.54) is 13.2 Å². The van der Waals surface area contributed by atoms with Crippen molar-refractivity contribution in [1.29, 1.82) is 0 Å². The molecule has 26 heavy (non-hydrogen) atoms. The average molecular weight is 394 g/mol. The van der Waals surface area contributed by atoms with E-state index in [9.17, 15) is 18.0 Å². The Balaban J connectivity index is 0.000000541. The second-order valence-corrected chi connectivity index (χ2v) is 6.81. The van der Waals surface area contributed by atoms with E-state index in [0.717, 1.165) is 5.56 Å². The Morgan fingerprint density at radius 3 is 1.92 bits per heavy atom. The van der Waals surface area contributed by atoms with Gasteiger partial charge in [-0.2, -0.15) is 0 Å². The van der Waals surface area contributed by atoms with Gasteiger partial charge in [-0.15, -0.1) is 0 Å². The van der Waals surface area contributed by atoms with Gasteiger partial charge in [0.2, 0.25) is 10.0 Å². The van der Waals surface area contributed by atoms with Crippen molar-refractivity contribution in [3.63, 3.8) is 0 Å². The maximum Gasteiger partial charge on any atom is 0.335 e. The summed E-state index contributed by atoms with van der Waals surface area (Å²) in [4.78, 5) is 19.5. The van der Waals surface area contributed by atoms with Crippen molar-refractivity contribution in [3.8, 4) is 5.75 Å². The van der Waals surface area contributed by atoms with Crippen LogP contribution in [0, 0.1) is 0 Å². The number of primary sulfonamides is 1. The lowest BCUT2D eigenvalue weighted by Crippen LogP contribution is -2.39. The monoisotopic (exact) mass is 394 g/mol. The van der Waals surface area contributed by atoms with Crippen molar-refractivity contribution in [2.75, 3.05) is 7.11 Å². The van der Waals surface area contributed by atoms with Crippen LogP contribution >= 0.6 is 0 Å². The summed E-state index contributed by atoms with van der Waals surface area (Å²) in [5.74, 6) is -3.29. The molecule has 1 aromatic rings. The topological polar surface area (TPSA) is 210 Å². The smallest absolute Gasteiger partial charge is 0.335 e. The summed E-state index contributed by atoms with van der Waals surface area (Å²) in [5.41, 5.74) is 6.46. The Morgan fingerprint density at radius 1 is 1.15 bits per heavy atom. The van der Waals surface area contributed by atoms with E-state index in [-0.39, 0.29) is 16.7 Å². The summed E-state index contributed by atoms with van der Waals surface area (Å²) in [6, 6.07) is 4.81. The van der Waals surface area contributed by atoms with Crippen LogP contribution in [0.2, 0.25) is 0 Å². The molecule has 0 spiro atoms. The predicted molar refractivity (Wildman–Crippen MR) is 89.0 cm³/mol. The van der Waals surface area contributed by atoms with Crippen LogP contribution < -0.4 is 15.6 Å². The average Bonchev–Trinajstić information content (AvgIpc) is 2.52. The van der Waals surface area contributed by atoms with Crippen molar-refractivity contribution in [2.45, 2.75) is 36.5 Å². The van der Waals surface area contributed by atoms with Crippen molar-refractivity contribution in [1.82, 2.24) is 0 Å². The predicted octanol–water partition coefficient (Wildman–Crippen LogP) is -1.89. The molecule has 0 radical (unpaired) electrons. The summed E-state index contributed by atoms with van der Waals surface area (Å²) < 4.78 is 27.6. The fourth-order valence-electron chi connectivity index (χ4n) is 1.71. The lowest BCUT2D eigenvalue weighted by molar-refractivity contribution is -0.165. The van der Waals surface area contributed by atoms with E-state index >= 15 is 0 Å². The Morgan fingerprint density at radius 2 is 1.62 bits per heavy atom. The molecule has 0 aliphatic heterocycles. The second kappa shape index (κ2) is 10.0. The number of methoxy groups -OCH3 is 1. The van der Waals surface area contributed by atoms with Gasteiger partial charge in [-0.25, -0.2) is 23.1 Å². The van der Waals surface area contributed by atoms with E-state index in [1.54, 1.807) is 12.1 Å². The first-order chi connectivity index (χ1) is 11.8. The highest BCUT2D eigenvalue weighted by Crippen LogP contribution is 2.24. The number of carboxylic acids is 2. The molecule has 1 aromatic carbocycles. The standard InChI is InChI=1S/C10H16N2O3S.C4H6O6/c1-7(11)5-8-3-4-9(15-2)10(6-8)16(12,13)14;5-1(3(7)8)2(6)4(9)10/h3-4,6-7H,5,11H2,1-2H3,(H2,12,13,14);1-2,5-6H,(H,7,8)(H,9,10)/t7-;1-,2-/m10/s1. The van der Waals surface area contributed by atoms with Gasteiger partial charge in [0.1, 0.15) is 10.6 Å². The fraction of sp³-hybridized carbons (Fsp3) is 0.429. The summed E-state index contributed by atoms with van der Waals surface area (Å²) >= 11 is 0. The molecular formula is C14H22N2O9S. The number of benzene rings is 1.